The Bertz CT molecular complexity index is 208. The lowest BCUT2D eigenvalue weighted by molar-refractivity contribution is -0.170. The van der Waals surface area contributed by atoms with Crippen molar-refractivity contribution in [3.63, 3.8) is 0 Å². The van der Waals surface area contributed by atoms with Crippen molar-refractivity contribution in [2.75, 3.05) is 13.2 Å². The standard InChI is InChI=1S/C9H18O7/c1-2-3-16-9(15)8(14)7(13)6(12)5(11)4-10/h5-8,10-14H,2-4H2,1H3. The lowest BCUT2D eigenvalue weighted by Crippen LogP contribution is -2.49. The maximum atomic E-state index is 11.1. The number of esters is 1. The van der Waals surface area contributed by atoms with Crippen molar-refractivity contribution in [3.8, 4) is 0 Å². The second-order valence-corrected chi connectivity index (χ2v) is 3.34. The van der Waals surface area contributed by atoms with Gasteiger partial charge in [-0.05, 0) is 6.42 Å². The Morgan fingerprint density at radius 2 is 1.75 bits per heavy atom. The fourth-order valence-electron chi connectivity index (χ4n) is 0.950. The van der Waals surface area contributed by atoms with Gasteiger partial charge in [0.1, 0.15) is 18.3 Å². The van der Waals surface area contributed by atoms with Crippen LogP contribution in [0.3, 0.4) is 0 Å². The van der Waals surface area contributed by atoms with Crippen molar-refractivity contribution in [3.05, 3.63) is 0 Å². The third kappa shape index (κ3) is 4.42. The summed E-state index contributed by atoms with van der Waals surface area (Å²) in [6.07, 6.45) is -6.77. The Labute approximate surface area is 92.9 Å². The maximum Gasteiger partial charge on any atom is 0.337 e. The van der Waals surface area contributed by atoms with Gasteiger partial charge < -0.3 is 30.3 Å². The third-order valence-electron chi connectivity index (χ3n) is 1.94. The molecule has 4 unspecified atom stereocenters. The number of hydrogen-bond donors (Lipinski definition) is 5. The van der Waals surface area contributed by atoms with E-state index in [1.807, 2.05) is 0 Å². The Morgan fingerprint density at radius 3 is 2.19 bits per heavy atom. The van der Waals surface area contributed by atoms with Crippen LogP contribution < -0.4 is 0 Å². The van der Waals surface area contributed by atoms with Crippen LogP contribution in [0.1, 0.15) is 13.3 Å². The SMILES string of the molecule is CCCOC(=O)C(O)C(O)C(O)C(O)CO. The molecule has 4 atom stereocenters. The van der Waals surface area contributed by atoms with Crippen molar-refractivity contribution < 1.29 is 35.1 Å². The first-order valence-electron chi connectivity index (χ1n) is 4.95. The summed E-state index contributed by atoms with van der Waals surface area (Å²) in [6.45, 7) is 1.04. The van der Waals surface area contributed by atoms with Crippen molar-refractivity contribution in [1.82, 2.24) is 0 Å². The zero-order valence-electron chi connectivity index (χ0n) is 8.98. The monoisotopic (exact) mass is 238 g/mol. The van der Waals surface area contributed by atoms with E-state index in [4.69, 9.17) is 10.2 Å². The zero-order chi connectivity index (χ0) is 12.7. The van der Waals surface area contributed by atoms with Gasteiger partial charge in [0.25, 0.3) is 0 Å². The molecule has 7 heteroatoms. The third-order valence-corrected chi connectivity index (χ3v) is 1.94. The van der Waals surface area contributed by atoms with Gasteiger partial charge in [-0.3, -0.25) is 0 Å². The van der Waals surface area contributed by atoms with Crippen LogP contribution >= 0.6 is 0 Å². The molecule has 0 spiro atoms. The number of aliphatic hydroxyl groups is 5. The van der Waals surface area contributed by atoms with Gasteiger partial charge in [0.15, 0.2) is 6.10 Å². The summed E-state index contributed by atoms with van der Waals surface area (Å²) in [4.78, 5) is 11.1. The fraction of sp³-hybridized carbons (Fsp3) is 0.889. The van der Waals surface area contributed by atoms with E-state index in [-0.39, 0.29) is 6.61 Å². The minimum absolute atomic E-state index is 0.0846. The average Bonchev–Trinajstić information content (AvgIpc) is 2.31. The smallest absolute Gasteiger partial charge is 0.337 e. The van der Waals surface area contributed by atoms with Crippen LogP contribution in [0.15, 0.2) is 0 Å². The Morgan fingerprint density at radius 1 is 1.19 bits per heavy atom. The molecule has 0 saturated carbocycles. The normalized spacial score (nSPS) is 18.6. The van der Waals surface area contributed by atoms with Crippen molar-refractivity contribution in [2.24, 2.45) is 0 Å². The molecular formula is C9H18O7. The maximum absolute atomic E-state index is 11.1. The van der Waals surface area contributed by atoms with Crippen LogP contribution in [-0.4, -0.2) is 69.1 Å². The summed E-state index contributed by atoms with van der Waals surface area (Å²) < 4.78 is 4.53. The molecule has 0 aromatic heterocycles. The molecule has 5 N–H and O–H groups in total. The van der Waals surface area contributed by atoms with Gasteiger partial charge >= 0.3 is 5.97 Å². The predicted octanol–water partition coefficient (Wildman–Crippen LogP) is -2.62. The van der Waals surface area contributed by atoms with Gasteiger partial charge in [0.2, 0.25) is 0 Å². The quantitative estimate of drug-likeness (QED) is 0.307. The number of aliphatic hydroxyl groups excluding tert-OH is 5. The highest BCUT2D eigenvalue weighted by Crippen LogP contribution is 2.06. The largest absolute Gasteiger partial charge is 0.464 e. The lowest BCUT2D eigenvalue weighted by Gasteiger charge is -2.24. The summed E-state index contributed by atoms with van der Waals surface area (Å²) in [5.41, 5.74) is 0. The molecule has 0 radical (unpaired) electrons. The summed E-state index contributed by atoms with van der Waals surface area (Å²) in [7, 11) is 0. The highest BCUT2D eigenvalue weighted by atomic mass is 16.5. The van der Waals surface area contributed by atoms with Crippen molar-refractivity contribution >= 4 is 5.97 Å². The Kier molecular flexibility index (Phi) is 7.18. The van der Waals surface area contributed by atoms with Crippen LogP contribution in [0.4, 0.5) is 0 Å². The molecular weight excluding hydrogens is 220 g/mol. The van der Waals surface area contributed by atoms with Crippen molar-refractivity contribution in [2.45, 2.75) is 37.8 Å². The van der Waals surface area contributed by atoms with E-state index < -0.39 is 37.0 Å². The molecule has 0 heterocycles. The molecule has 0 fully saturated rings. The van der Waals surface area contributed by atoms with Crippen LogP contribution in [0.25, 0.3) is 0 Å². The van der Waals surface area contributed by atoms with Gasteiger partial charge in [0.05, 0.1) is 13.2 Å². The molecule has 0 aliphatic carbocycles. The second-order valence-electron chi connectivity index (χ2n) is 3.34. The molecule has 0 amide bonds. The Balaban J connectivity index is 4.25. The van der Waals surface area contributed by atoms with E-state index in [0.29, 0.717) is 6.42 Å². The first-order valence-corrected chi connectivity index (χ1v) is 4.95. The second kappa shape index (κ2) is 7.53. The van der Waals surface area contributed by atoms with Gasteiger partial charge in [-0.1, -0.05) is 6.92 Å². The Hall–Kier alpha value is -0.730. The van der Waals surface area contributed by atoms with E-state index in [9.17, 15) is 20.1 Å². The lowest BCUT2D eigenvalue weighted by atomic mass is 10.0. The first kappa shape index (κ1) is 15.3. The van der Waals surface area contributed by atoms with E-state index >= 15 is 0 Å². The number of carbonyl (C=O) groups is 1. The molecule has 16 heavy (non-hydrogen) atoms. The topological polar surface area (TPSA) is 127 Å². The van der Waals surface area contributed by atoms with Crippen LogP contribution in [0.2, 0.25) is 0 Å². The zero-order valence-corrected chi connectivity index (χ0v) is 8.98. The fourth-order valence-corrected chi connectivity index (χ4v) is 0.950. The molecule has 7 nitrogen and oxygen atoms in total. The average molecular weight is 238 g/mol. The summed E-state index contributed by atoms with van der Waals surface area (Å²) in [6, 6.07) is 0. The minimum Gasteiger partial charge on any atom is -0.464 e. The highest BCUT2D eigenvalue weighted by Gasteiger charge is 2.34. The van der Waals surface area contributed by atoms with Gasteiger partial charge in [-0.2, -0.15) is 0 Å². The number of rotatable bonds is 7. The predicted molar refractivity (Wildman–Crippen MR) is 52.4 cm³/mol. The highest BCUT2D eigenvalue weighted by molar-refractivity contribution is 5.75. The molecule has 0 saturated heterocycles. The number of ether oxygens (including phenoxy) is 1. The number of hydrogen-bond acceptors (Lipinski definition) is 7. The van der Waals surface area contributed by atoms with Gasteiger partial charge in [-0.15, -0.1) is 0 Å². The molecule has 0 aliphatic rings. The molecule has 0 rings (SSSR count). The van der Waals surface area contributed by atoms with Crippen LogP contribution in [0.5, 0.6) is 0 Å². The van der Waals surface area contributed by atoms with E-state index in [0.717, 1.165) is 0 Å². The van der Waals surface area contributed by atoms with E-state index in [1.165, 1.54) is 0 Å². The molecule has 0 aromatic carbocycles. The van der Waals surface area contributed by atoms with E-state index in [2.05, 4.69) is 4.74 Å². The summed E-state index contributed by atoms with van der Waals surface area (Å²) in [5.74, 6) is -1.08. The molecule has 0 aliphatic heterocycles. The summed E-state index contributed by atoms with van der Waals surface area (Å²) in [5, 5.41) is 45.2. The van der Waals surface area contributed by atoms with Crippen molar-refractivity contribution in [1.29, 1.82) is 0 Å². The van der Waals surface area contributed by atoms with Crippen LogP contribution in [0, 0.1) is 0 Å². The van der Waals surface area contributed by atoms with Gasteiger partial charge in [0, 0.05) is 0 Å². The van der Waals surface area contributed by atoms with E-state index in [1.54, 1.807) is 6.92 Å². The molecule has 0 bridgehead atoms. The van der Waals surface area contributed by atoms with Crippen LogP contribution in [-0.2, 0) is 9.53 Å². The molecule has 0 aromatic rings. The number of carbonyl (C=O) groups excluding carboxylic acids is 1. The molecule has 96 valence electrons. The first-order chi connectivity index (χ1) is 7.45. The summed E-state index contributed by atoms with van der Waals surface area (Å²) >= 11 is 0. The van der Waals surface area contributed by atoms with Gasteiger partial charge in [-0.25, -0.2) is 4.79 Å². The minimum atomic E-state index is -1.96.